The predicted octanol–water partition coefficient (Wildman–Crippen LogP) is 2.96. The summed E-state index contributed by atoms with van der Waals surface area (Å²) in [4.78, 5) is 13.8. The number of rotatable bonds is 4. The van der Waals surface area contributed by atoms with Crippen LogP contribution in [0.3, 0.4) is 0 Å². The number of hydrogen-bond acceptors (Lipinski definition) is 2. The number of amides is 1. The Labute approximate surface area is 105 Å². The van der Waals surface area contributed by atoms with E-state index in [1.54, 1.807) is 0 Å². The van der Waals surface area contributed by atoms with Crippen LogP contribution < -0.4 is 0 Å². The van der Waals surface area contributed by atoms with E-state index in [-0.39, 0.29) is 5.41 Å². The van der Waals surface area contributed by atoms with Gasteiger partial charge in [0.25, 0.3) is 0 Å². The second kappa shape index (κ2) is 6.05. The fourth-order valence-corrected chi connectivity index (χ4v) is 2.18. The Balaban J connectivity index is 2.36. The van der Waals surface area contributed by atoms with E-state index < -0.39 is 0 Å². The van der Waals surface area contributed by atoms with E-state index in [9.17, 15) is 4.79 Å². The molecule has 0 aliphatic carbocycles. The van der Waals surface area contributed by atoms with Crippen LogP contribution in [0.5, 0.6) is 0 Å². The van der Waals surface area contributed by atoms with Crippen LogP contribution in [0.25, 0.3) is 0 Å². The zero-order valence-corrected chi connectivity index (χ0v) is 11.3. The average molecular weight is 236 g/mol. The number of carbonyl (C=O) groups excluding carboxylic acids is 1. The van der Waals surface area contributed by atoms with Gasteiger partial charge in [0, 0.05) is 19.5 Å². The van der Waals surface area contributed by atoms with Crippen molar-refractivity contribution in [2.24, 2.45) is 11.3 Å². The molecule has 0 radical (unpaired) electrons. The summed E-state index contributed by atoms with van der Waals surface area (Å²) in [6, 6.07) is 2.31. The van der Waals surface area contributed by atoms with Crippen molar-refractivity contribution in [3.8, 4) is 6.07 Å². The molecule has 1 fully saturated rings. The van der Waals surface area contributed by atoms with Gasteiger partial charge in [-0.15, -0.1) is 0 Å². The SMILES string of the molecule is CC1CCC(=O)N(CCCC(C)(C)C#N)CC1. The summed E-state index contributed by atoms with van der Waals surface area (Å²) in [5, 5.41) is 8.93. The van der Waals surface area contributed by atoms with Gasteiger partial charge in [-0.05, 0) is 45.4 Å². The van der Waals surface area contributed by atoms with Crippen LogP contribution in [0.15, 0.2) is 0 Å². The zero-order valence-electron chi connectivity index (χ0n) is 11.3. The maximum Gasteiger partial charge on any atom is 0.222 e. The molecular formula is C14H24N2O. The van der Waals surface area contributed by atoms with Crippen molar-refractivity contribution in [1.29, 1.82) is 5.26 Å². The van der Waals surface area contributed by atoms with Crippen LogP contribution in [0.1, 0.15) is 52.9 Å². The van der Waals surface area contributed by atoms with Gasteiger partial charge in [0.15, 0.2) is 0 Å². The molecule has 96 valence electrons. The van der Waals surface area contributed by atoms with Crippen molar-refractivity contribution in [3.63, 3.8) is 0 Å². The monoisotopic (exact) mass is 236 g/mol. The molecule has 1 saturated heterocycles. The molecule has 0 saturated carbocycles. The summed E-state index contributed by atoms with van der Waals surface area (Å²) in [7, 11) is 0. The van der Waals surface area contributed by atoms with Gasteiger partial charge in [-0.2, -0.15) is 5.26 Å². The molecule has 1 aliphatic heterocycles. The Hall–Kier alpha value is -1.04. The van der Waals surface area contributed by atoms with Crippen LogP contribution in [-0.2, 0) is 4.79 Å². The Morgan fingerprint density at radius 3 is 2.82 bits per heavy atom. The highest BCUT2D eigenvalue weighted by atomic mass is 16.2. The van der Waals surface area contributed by atoms with E-state index in [0.717, 1.165) is 38.8 Å². The second-order valence-electron chi connectivity index (χ2n) is 5.91. The normalized spacial score (nSPS) is 22.1. The lowest BCUT2D eigenvalue weighted by molar-refractivity contribution is -0.130. The number of hydrogen-bond donors (Lipinski definition) is 0. The molecule has 1 atom stereocenters. The fourth-order valence-electron chi connectivity index (χ4n) is 2.18. The van der Waals surface area contributed by atoms with Crippen molar-refractivity contribution in [2.45, 2.75) is 52.9 Å². The third kappa shape index (κ3) is 4.77. The highest BCUT2D eigenvalue weighted by Crippen LogP contribution is 2.22. The molecule has 3 heteroatoms. The first-order valence-electron chi connectivity index (χ1n) is 6.63. The molecule has 0 N–H and O–H groups in total. The van der Waals surface area contributed by atoms with Crippen LogP contribution in [0.4, 0.5) is 0 Å². The second-order valence-corrected chi connectivity index (χ2v) is 5.91. The maximum atomic E-state index is 11.8. The molecule has 1 heterocycles. The fraction of sp³-hybridized carbons (Fsp3) is 0.857. The molecule has 0 aromatic rings. The Morgan fingerprint density at radius 1 is 1.47 bits per heavy atom. The van der Waals surface area contributed by atoms with Crippen molar-refractivity contribution in [1.82, 2.24) is 4.90 Å². The van der Waals surface area contributed by atoms with E-state index >= 15 is 0 Å². The quantitative estimate of drug-likeness (QED) is 0.753. The summed E-state index contributed by atoms with van der Waals surface area (Å²) >= 11 is 0. The summed E-state index contributed by atoms with van der Waals surface area (Å²) in [5.74, 6) is 0.962. The minimum absolute atomic E-state index is 0.262. The van der Waals surface area contributed by atoms with Crippen LogP contribution in [-0.4, -0.2) is 23.9 Å². The van der Waals surface area contributed by atoms with Gasteiger partial charge in [-0.25, -0.2) is 0 Å². The van der Waals surface area contributed by atoms with Crippen LogP contribution in [0, 0.1) is 22.7 Å². The first-order valence-corrected chi connectivity index (χ1v) is 6.63. The molecule has 1 unspecified atom stereocenters. The van der Waals surface area contributed by atoms with Gasteiger partial charge < -0.3 is 4.90 Å². The first-order chi connectivity index (χ1) is 7.94. The lowest BCUT2D eigenvalue weighted by atomic mass is 9.90. The zero-order chi connectivity index (χ0) is 12.9. The smallest absolute Gasteiger partial charge is 0.222 e. The molecule has 1 amide bonds. The molecular weight excluding hydrogens is 212 g/mol. The van der Waals surface area contributed by atoms with E-state index in [0.29, 0.717) is 18.2 Å². The van der Waals surface area contributed by atoms with E-state index in [2.05, 4.69) is 13.0 Å². The predicted molar refractivity (Wildman–Crippen MR) is 68.2 cm³/mol. The third-order valence-corrected chi connectivity index (χ3v) is 3.63. The molecule has 3 nitrogen and oxygen atoms in total. The number of likely N-dealkylation sites (tertiary alicyclic amines) is 1. The van der Waals surface area contributed by atoms with E-state index in [1.165, 1.54) is 0 Å². The topological polar surface area (TPSA) is 44.1 Å². The van der Waals surface area contributed by atoms with Gasteiger partial charge in [-0.1, -0.05) is 6.92 Å². The number of nitrogens with zero attached hydrogens (tertiary/aromatic N) is 2. The minimum atomic E-state index is -0.262. The van der Waals surface area contributed by atoms with Gasteiger partial charge in [0.05, 0.1) is 11.5 Å². The Bertz CT molecular complexity index is 304. The average Bonchev–Trinajstić information content (AvgIpc) is 2.44. The standard InChI is InChI=1S/C14H24N2O/c1-12-5-6-13(17)16(10-7-12)9-4-8-14(2,3)11-15/h12H,4-10H2,1-3H3. The summed E-state index contributed by atoms with van der Waals surface area (Å²) in [6.45, 7) is 7.85. The Morgan fingerprint density at radius 2 is 2.18 bits per heavy atom. The van der Waals surface area contributed by atoms with Gasteiger partial charge in [-0.3, -0.25) is 4.79 Å². The van der Waals surface area contributed by atoms with Crippen LogP contribution >= 0.6 is 0 Å². The van der Waals surface area contributed by atoms with Gasteiger partial charge in [0.1, 0.15) is 0 Å². The van der Waals surface area contributed by atoms with Crippen molar-refractivity contribution >= 4 is 5.91 Å². The lowest BCUT2D eigenvalue weighted by Crippen LogP contribution is -2.31. The highest BCUT2D eigenvalue weighted by molar-refractivity contribution is 5.76. The van der Waals surface area contributed by atoms with Crippen LogP contribution in [0.2, 0.25) is 0 Å². The summed E-state index contributed by atoms with van der Waals surface area (Å²) < 4.78 is 0. The van der Waals surface area contributed by atoms with Gasteiger partial charge in [0.2, 0.25) is 5.91 Å². The molecule has 1 rings (SSSR count). The molecule has 0 spiro atoms. The molecule has 0 bridgehead atoms. The van der Waals surface area contributed by atoms with E-state index in [4.69, 9.17) is 5.26 Å². The lowest BCUT2D eigenvalue weighted by Gasteiger charge is -2.22. The highest BCUT2D eigenvalue weighted by Gasteiger charge is 2.21. The third-order valence-electron chi connectivity index (χ3n) is 3.63. The molecule has 1 aliphatic rings. The molecule has 0 aromatic heterocycles. The first kappa shape index (κ1) is 14.0. The maximum absolute atomic E-state index is 11.8. The van der Waals surface area contributed by atoms with Crippen molar-refractivity contribution in [3.05, 3.63) is 0 Å². The van der Waals surface area contributed by atoms with Gasteiger partial charge >= 0.3 is 0 Å². The minimum Gasteiger partial charge on any atom is -0.343 e. The Kier molecular flexibility index (Phi) is 4.99. The van der Waals surface area contributed by atoms with Crippen molar-refractivity contribution in [2.75, 3.05) is 13.1 Å². The summed E-state index contributed by atoms with van der Waals surface area (Å²) in [5.41, 5.74) is -0.262. The summed E-state index contributed by atoms with van der Waals surface area (Å²) in [6.07, 6.45) is 4.64. The van der Waals surface area contributed by atoms with Crippen molar-refractivity contribution < 1.29 is 4.79 Å². The number of carbonyl (C=O) groups is 1. The number of nitriles is 1. The molecule has 17 heavy (non-hydrogen) atoms. The molecule has 0 aromatic carbocycles. The van der Waals surface area contributed by atoms with E-state index in [1.807, 2.05) is 18.7 Å². The largest absolute Gasteiger partial charge is 0.343 e.